The predicted octanol–water partition coefficient (Wildman–Crippen LogP) is 1.64. The minimum absolute atomic E-state index is 0.597. The molecular weight excluding hydrogens is 172 g/mol. The molecule has 2 fully saturated rings. The Hall–Kier alpha value is -0.340. The molecule has 0 aromatic heterocycles. The zero-order chi connectivity index (χ0) is 9.86. The lowest BCUT2D eigenvalue weighted by Crippen LogP contribution is -2.50. The second-order valence-electron chi connectivity index (χ2n) is 4.91. The minimum Gasteiger partial charge on any atom is -0.316 e. The maximum atomic E-state index is 3.83. The van der Waals surface area contributed by atoms with E-state index in [0.29, 0.717) is 5.41 Å². The monoisotopic (exact) mass is 194 g/mol. The zero-order valence-electron chi connectivity index (χ0n) is 9.10. The van der Waals surface area contributed by atoms with E-state index in [4.69, 9.17) is 0 Å². The number of piperidine rings is 2. The first-order valence-electron chi connectivity index (χ1n) is 5.89. The summed E-state index contributed by atoms with van der Waals surface area (Å²) in [5.74, 6) is 0. The van der Waals surface area contributed by atoms with Crippen LogP contribution in [0.4, 0.5) is 0 Å². The van der Waals surface area contributed by atoms with E-state index in [0.717, 1.165) is 6.54 Å². The van der Waals surface area contributed by atoms with Crippen molar-refractivity contribution in [1.29, 1.82) is 0 Å². The maximum Gasteiger partial charge on any atom is 0.0160 e. The third-order valence-corrected chi connectivity index (χ3v) is 3.69. The first-order valence-corrected chi connectivity index (χ1v) is 5.89. The molecular formula is C12H22N2. The van der Waals surface area contributed by atoms with Gasteiger partial charge in [0, 0.05) is 19.6 Å². The molecule has 1 N–H and O–H groups in total. The number of hydrogen-bond acceptors (Lipinski definition) is 2. The summed E-state index contributed by atoms with van der Waals surface area (Å²) in [6, 6.07) is 0. The fourth-order valence-corrected chi connectivity index (χ4v) is 3.03. The second-order valence-corrected chi connectivity index (χ2v) is 4.91. The number of nitrogens with one attached hydrogen (secondary N) is 1. The lowest BCUT2D eigenvalue weighted by atomic mass is 9.74. The average molecular weight is 194 g/mol. The summed E-state index contributed by atoms with van der Waals surface area (Å²) in [6.07, 6.45) is 7.62. The van der Waals surface area contributed by atoms with Gasteiger partial charge in [-0.15, -0.1) is 6.58 Å². The van der Waals surface area contributed by atoms with Crippen molar-refractivity contribution in [2.75, 3.05) is 32.7 Å². The molecule has 80 valence electrons. The molecule has 0 aromatic rings. The molecule has 0 amide bonds. The molecule has 0 saturated carbocycles. The number of hydrogen-bond donors (Lipinski definition) is 1. The normalized spacial score (nSPS) is 34.6. The number of rotatable bonds is 2. The lowest BCUT2D eigenvalue weighted by Gasteiger charge is -2.45. The van der Waals surface area contributed by atoms with Crippen molar-refractivity contribution in [2.24, 2.45) is 5.41 Å². The van der Waals surface area contributed by atoms with Crippen LogP contribution in [0, 0.1) is 5.41 Å². The quantitative estimate of drug-likeness (QED) is 0.672. The smallest absolute Gasteiger partial charge is 0.0160 e. The molecule has 1 unspecified atom stereocenters. The second kappa shape index (κ2) is 4.45. The molecule has 2 rings (SSSR count). The van der Waals surface area contributed by atoms with Gasteiger partial charge < -0.3 is 5.32 Å². The Kier molecular flexibility index (Phi) is 3.24. The van der Waals surface area contributed by atoms with E-state index < -0.39 is 0 Å². The van der Waals surface area contributed by atoms with Gasteiger partial charge in [0.05, 0.1) is 0 Å². The van der Waals surface area contributed by atoms with Crippen molar-refractivity contribution in [2.45, 2.75) is 25.7 Å². The molecule has 0 bridgehead atoms. The van der Waals surface area contributed by atoms with Crippen LogP contribution in [0.2, 0.25) is 0 Å². The molecule has 2 saturated heterocycles. The van der Waals surface area contributed by atoms with E-state index in [1.165, 1.54) is 51.9 Å². The Morgan fingerprint density at radius 1 is 1.36 bits per heavy atom. The van der Waals surface area contributed by atoms with E-state index in [2.05, 4.69) is 16.8 Å². The predicted molar refractivity (Wildman–Crippen MR) is 60.4 cm³/mol. The van der Waals surface area contributed by atoms with Crippen LogP contribution in [0.1, 0.15) is 25.7 Å². The third-order valence-electron chi connectivity index (χ3n) is 3.69. The Morgan fingerprint density at radius 3 is 2.93 bits per heavy atom. The van der Waals surface area contributed by atoms with Crippen molar-refractivity contribution in [3.05, 3.63) is 12.7 Å². The van der Waals surface area contributed by atoms with E-state index in [-0.39, 0.29) is 0 Å². The largest absolute Gasteiger partial charge is 0.316 e. The molecule has 2 aliphatic heterocycles. The zero-order valence-corrected chi connectivity index (χ0v) is 9.10. The van der Waals surface area contributed by atoms with Gasteiger partial charge in [0.25, 0.3) is 0 Å². The summed E-state index contributed by atoms with van der Waals surface area (Å²) in [6.45, 7) is 9.92. The molecule has 1 spiro atoms. The van der Waals surface area contributed by atoms with Crippen molar-refractivity contribution in [3.63, 3.8) is 0 Å². The summed E-state index contributed by atoms with van der Waals surface area (Å²) < 4.78 is 0. The lowest BCUT2D eigenvalue weighted by molar-refractivity contribution is 0.0721. The molecule has 0 aliphatic carbocycles. The van der Waals surface area contributed by atoms with Gasteiger partial charge in [0.2, 0.25) is 0 Å². The van der Waals surface area contributed by atoms with Gasteiger partial charge in [-0.2, -0.15) is 0 Å². The van der Waals surface area contributed by atoms with Crippen molar-refractivity contribution >= 4 is 0 Å². The van der Waals surface area contributed by atoms with Crippen LogP contribution in [0.25, 0.3) is 0 Å². The highest BCUT2D eigenvalue weighted by Gasteiger charge is 2.35. The Morgan fingerprint density at radius 2 is 2.21 bits per heavy atom. The Bertz CT molecular complexity index is 189. The van der Waals surface area contributed by atoms with Crippen molar-refractivity contribution in [1.82, 2.24) is 10.2 Å². The molecule has 2 nitrogen and oxygen atoms in total. The van der Waals surface area contributed by atoms with Gasteiger partial charge in [0.15, 0.2) is 0 Å². The summed E-state index contributed by atoms with van der Waals surface area (Å²) >= 11 is 0. The van der Waals surface area contributed by atoms with Gasteiger partial charge in [-0.3, -0.25) is 4.90 Å². The average Bonchev–Trinajstić information content (AvgIpc) is 2.19. The van der Waals surface area contributed by atoms with Gasteiger partial charge >= 0.3 is 0 Å². The summed E-state index contributed by atoms with van der Waals surface area (Å²) in [7, 11) is 0. The summed E-state index contributed by atoms with van der Waals surface area (Å²) in [5.41, 5.74) is 0.597. The van der Waals surface area contributed by atoms with Crippen LogP contribution in [0.15, 0.2) is 12.7 Å². The van der Waals surface area contributed by atoms with Gasteiger partial charge in [-0.1, -0.05) is 6.08 Å². The van der Waals surface area contributed by atoms with E-state index in [1.807, 2.05) is 6.08 Å². The fourth-order valence-electron chi connectivity index (χ4n) is 3.03. The first kappa shape index (κ1) is 10.2. The topological polar surface area (TPSA) is 15.3 Å². The van der Waals surface area contributed by atoms with E-state index in [1.54, 1.807) is 0 Å². The maximum absolute atomic E-state index is 3.83. The standard InChI is InChI=1S/C12H22N2/c1-2-8-14-9-4-6-12(11-14)5-3-7-13-10-12/h2,13H,1,3-11H2. The Labute approximate surface area is 87.4 Å². The van der Waals surface area contributed by atoms with Crippen LogP contribution < -0.4 is 5.32 Å². The molecule has 0 aromatic carbocycles. The minimum atomic E-state index is 0.597. The fraction of sp³-hybridized carbons (Fsp3) is 0.833. The molecule has 1 atom stereocenters. The SMILES string of the molecule is C=CCN1CCCC2(CCCNC2)C1. The van der Waals surface area contributed by atoms with E-state index in [9.17, 15) is 0 Å². The van der Waals surface area contributed by atoms with Gasteiger partial charge in [-0.25, -0.2) is 0 Å². The molecule has 2 aliphatic rings. The summed E-state index contributed by atoms with van der Waals surface area (Å²) in [4.78, 5) is 2.56. The molecule has 2 heterocycles. The highest BCUT2D eigenvalue weighted by molar-refractivity contribution is 4.92. The number of likely N-dealkylation sites (tertiary alicyclic amines) is 1. The van der Waals surface area contributed by atoms with Crippen molar-refractivity contribution < 1.29 is 0 Å². The van der Waals surface area contributed by atoms with Crippen LogP contribution in [0.5, 0.6) is 0 Å². The highest BCUT2D eigenvalue weighted by Crippen LogP contribution is 2.35. The van der Waals surface area contributed by atoms with Crippen LogP contribution in [0.3, 0.4) is 0 Å². The van der Waals surface area contributed by atoms with Gasteiger partial charge in [-0.05, 0) is 44.2 Å². The first-order chi connectivity index (χ1) is 6.85. The highest BCUT2D eigenvalue weighted by atomic mass is 15.1. The van der Waals surface area contributed by atoms with Crippen molar-refractivity contribution in [3.8, 4) is 0 Å². The van der Waals surface area contributed by atoms with Crippen LogP contribution in [-0.4, -0.2) is 37.6 Å². The van der Waals surface area contributed by atoms with Gasteiger partial charge in [0.1, 0.15) is 0 Å². The van der Waals surface area contributed by atoms with Crippen LogP contribution >= 0.6 is 0 Å². The van der Waals surface area contributed by atoms with E-state index >= 15 is 0 Å². The molecule has 14 heavy (non-hydrogen) atoms. The third kappa shape index (κ3) is 2.18. The molecule has 2 heteroatoms. The Balaban J connectivity index is 1.94. The van der Waals surface area contributed by atoms with Crippen LogP contribution in [-0.2, 0) is 0 Å². The summed E-state index contributed by atoms with van der Waals surface area (Å²) in [5, 5.41) is 3.56. The number of nitrogens with zero attached hydrogens (tertiary/aromatic N) is 1. The molecule has 0 radical (unpaired) electrons.